The van der Waals surface area contributed by atoms with Gasteiger partial charge in [-0.2, -0.15) is 13.2 Å². The topological polar surface area (TPSA) is 67.4 Å². The molecular formula is C16H12F4N2O3. The minimum absolute atomic E-state index is 0.162. The molecule has 0 aromatic heterocycles. The normalized spacial score (nSPS) is 10.9. The van der Waals surface area contributed by atoms with Gasteiger partial charge >= 0.3 is 6.18 Å². The maximum atomic E-state index is 13.4. The van der Waals surface area contributed by atoms with E-state index in [1.807, 2.05) is 10.9 Å². The number of amides is 2. The molecule has 0 fully saturated rings. The number of nitrogens with one attached hydrogen (secondary N) is 2. The third kappa shape index (κ3) is 5.20. The van der Waals surface area contributed by atoms with Crippen LogP contribution >= 0.6 is 0 Å². The number of rotatable bonds is 4. The van der Waals surface area contributed by atoms with Gasteiger partial charge in [-0.3, -0.25) is 20.4 Å². The molecule has 0 aliphatic heterocycles. The summed E-state index contributed by atoms with van der Waals surface area (Å²) in [7, 11) is 0. The second kappa shape index (κ2) is 7.65. The highest BCUT2D eigenvalue weighted by atomic mass is 19.4. The lowest BCUT2D eigenvalue weighted by atomic mass is 10.2. The van der Waals surface area contributed by atoms with Crippen LogP contribution in [0.2, 0.25) is 0 Å². The Morgan fingerprint density at radius 2 is 1.72 bits per heavy atom. The van der Waals surface area contributed by atoms with E-state index in [0.717, 1.165) is 24.3 Å². The number of carbonyl (C=O) groups excluding carboxylic acids is 2. The van der Waals surface area contributed by atoms with E-state index >= 15 is 0 Å². The lowest BCUT2D eigenvalue weighted by molar-refractivity contribution is -0.137. The van der Waals surface area contributed by atoms with E-state index in [4.69, 9.17) is 4.74 Å². The Bertz CT molecular complexity index is 778. The lowest BCUT2D eigenvalue weighted by Crippen LogP contribution is -2.44. The fourth-order valence-electron chi connectivity index (χ4n) is 1.79. The fourth-order valence-corrected chi connectivity index (χ4v) is 1.79. The largest absolute Gasteiger partial charge is 0.484 e. The van der Waals surface area contributed by atoms with Crippen LogP contribution in [-0.2, 0) is 11.0 Å². The quantitative estimate of drug-likeness (QED) is 0.654. The van der Waals surface area contributed by atoms with Crippen molar-refractivity contribution < 1.29 is 31.9 Å². The van der Waals surface area contributed by atoms with E-state index in [2.05, 4.69) is 0 Å². The number of hydrazine groups is 1. The highest BCUT2D eigenvalue weighted by Gasteiger charge is 2.30. The second-order valence-corrected chi connectivity index (χ2v) is 4.80. The monoisotopic (exact) mass is 356 g/mol. The zero-order valence-electron chi connectivity index (χ0n) is 12.6. The van der Waals surface area contributed by atoms with Gasteiger partial charge in [0.25, 0.3) is 11.8 Å². The van der Waals surface area contributed by atoms with Crippen LogP contribution in [0.1, 0.15) is 15.9 Å². The summed E-state index contributed by atoms with van der Waals surface area (Å²) in [6, 6.07) is 9.12. The first-order valence-corrected chi connectivity index (χ1v) is 6.91. The van der Waals surface area contributed by atoms with Crippen molar-refractivity contribution in [2.45, 2.75) is 6.18 Å². The minimum Gasteiger partial charge on any atom is -0.484 e. The average molecular weight is 356 g/mol. The smallest absolute Gasteiger partial charge is 0.416 e. The summed E-state index contributed by atoms with van der Waals surface area (Å²) < 4.78 is 56.0. The van der Waals surface area contributed by atoms with Crippen LogP contribution in [0.15, 0.2) is 48.5 Å². The molecule has 0 radical (unpaired) electrons. The predicted octanol–water partition coefficient (Wildman–Crippen LogP) is 2.68. The van der Waals surface area contributed by atoms with Crippen LogP contribution in [0.3, 0.4) is 0 Å². The van der Waals surface area contributed by atoms with Crippen molar-refractivity contribution in [1.82, 2.24) is 10.9 Å². The van der Waals surface area contributed by atoms with E-state index in [1.54, 1.807) is 0 Å². The van der Waals surface area contributed by atoms with Crippen molar-refractivity contribution in [3.8, 4) is 5.75 Å². The molecule has 9 heteroatoms. The molecule has 0 unspecified atom stereocenters. The molecule has 2 aromatic rings. The molecule has 25 heavy (non-hydrogen) atoms. The summed E-state index contributed by atoms with van der Waals surface area (Å²) in [5.41, 5.74) is 2.75. The molecule has 0 saturated carbocycles. The maximum absolute atomic E-state index is 13.4. The van der Waals surface area contributed by atoms with Gasteiger partial charge in [0.1, 0.15) is 11.6 Å². The van der Waals surface area contributed by atoms with Crippen molar-refractivity contribution >= 4 is 11.8 Å². The van der Waals surface area contributed by atoms with Crippen LogP contribution in [0.25, 0.3) is 0 Å². The summed E-state index contributed by atoms with van der Waals surface area (Å²) in [4.78, 5) is 23.2. The number of halogens is 4. The summed E-state index contributed by atoms with van der Waals surface area (Å²) in [5.74, 6) is -2.65. The Balaban J connectivity index is 1.85. The van der Waals surface area contributed by atoms with Crippen molar-refractivity contribution in [1.29, 1.82) is 0 Å². The van der Waals surface area contributed by atoms with E-state index in [9.17, 15) is 27.2 Å². The van der Waals surface area contributed by atoms with Crippen molar-refractivity contribution in [2.24, 2.45) is 0 Å². The van der Waals surface area contributed by atoms with Crippen LogP contribution in [0, 0.1) is 5.82 Å². The Hall–Kier alpha value is -3.10. The number of benzene rings is 2. The predicted molar refractivity (Wildman–Crippen MR) is 78.9 cm³/mol. The van der Waals surface area contributed by atoms with Gasteiger partial charge in [0.15, 0.2) is 6.61 Å². The summed E-state index contributed by atoms with van der Waals surface area (Å²) >= 11 is 0. The summed E-state index contributed by atoms with van der Waals surface area (Å²) in [5, 5.41) is 0. The molecule has 0 atom stereocenters. The third-order valence-corrected chi connectivity index (χ3v) is 2.97. The Morgan fingerprint density at radius 1 is 1.00 bits per heavy atom. The molecule has 2 aromatic carbocycles. The van der Waals surface area contributed by atoms with Gasteiger partial charge in [-0.15, -0.1) is 0 Å². The average Bonchev–Trinajstić information content (AvgIpc) is 2.58. The molecule has 0 spiro atoms. The van der Waals surface area contributed by atoms with Gasteiger partial charge in [0.05, 0.1) is 11.1 Å². The van der Waals surface area contributed by atoms with Crippen LogP contribution in [0.4, 0.5) is 17.6 Å². The molecule has 0 aliphatic rings. The SMILES string of the molecule is O=C(COc1cccc(C(F)(F)F)c1)NNC(=O)c1ccccc1F. The number of alkyl halides is 3. The Labute approximate surface area is 139 Å². The van der Waals surface area contributed by atoms with E-state index in [-0.39, 0.29) is 11.3 Å². The van der Waals surface area contributed by atoms with Crippen LogP contribution < -0.4 is 15.6 Å². The Kier molecular flexibility index (Phi) is 5.58. The van der Waals surface area contributed by atoms with Crippen molar-refractivity contribution in [3.05, 3.63) is 65.5 Å². The van der Waals surface area contributed by atoms with E-state index in [0.29, 0.717) is 0 Å². The third-order valence-electron chi connectivity index (χ3n) is 2.97. The molecule has 5 nitrogen and oxygen atoms in total. The highest BCUT2D eigenvalue weighted by Crippen LogP contribution is 2.31. The zero-order chi connectivity index (χ0) is 18.4. The molecule has 0 saturated heterocycles. The van der Waals surface area contributed by atoms with Gasteiger partial charge < -0.3 is 4.74 Å². The molecule has 2 rings (SSSR count). The van der Waals surface area contributed by atoms with Gasteiger partial charge in [-0.05, 0) is 30.3 Å². The first kappa shape index (κ1) is 18.2. The van der Waals surface area contributed by atoms with Crippen LogP contribution in [0.5, 0.6) is 5.75 Å². The Morgan fingerprint density at radius 3 is 2.40 bits per heavy atom. The number of hydrogen-bond acceptors (Lipinski definition) is 3. The van der Waals surface area contributed by atoms with E-state index < -0.39 is 36.0 Å². The molecule has 0 heterocycles. The van der Waals surface area contributed by atoms with Crippen LogP contribution in [-0.4, -0.2) is 18.4 Å². The summed E-state index contributed by atoms with van der Waals surface area (Å²) in [6.07, 6.45) is -4.53. The molecule has 132 valence electrons. The maximum Gasteiger partial charge on any atom is 0.416 e. The zero-order valence-corrected chi connectivity index (χ0v) is 12.6. The first-order chi connectivity index (χ1) is 11.8. The lowest BCUT2D eigenvalue weighted by Gasteiger charge is -2.11. The second-order valence-electron chi connectivity index (χ2n) is 4.80. The molecule has 0 aliphatic carbocycles. The molecular weight excluding hydrogens is 344 g/mol. The van der Waals surface area contributed by atoms with Gasteiger partial charge in [-0.1, -0.05) is 18.2 Å². The molecule has 2 amide bonds. The number of hydrogen-bond donors (Lipinski definition) is 2. The van der Waals surface area contributed by atoms with Crippen molar-refractivity contribution in [2.75, 3.05) is 6.61 Å². The molecule has 2 N–H and O–H groups in total. The van der Waals surface area contributed by atoms with Gasteiger partial charge in [-0.25, -0.2) is 4.39 Å². The van der Waals surface area contributed by atoms with E-state index in [1.165, 1.54) is 24.3 Å². The number of carbonyl (C=O) groups is 2. The van der Waals surface area contributed by atoms with Gasteiger partial charge in [0.2, 0.25) is 0 Å². The van der Waals surface area contributed by atoms with Crippen molar-refractivity contribution in [3.63, 3.8) is 0 Å². The summed E-state index contributed by atoms with van der Waals surface area (Å²) in [6.45, 7) is -0.640. The fraction of sp³-hybridized carbons (Fsp3) is 0.125. The molecule has 0 bridgehead atoms. The highest BCUT2D eigenvalue weighted by molar-refractivity contribution is 5.95. The number of ether oxygens (including phenoxy) is 1. The minimum atomic E-state index is -4.53. The van der Waals surface area contributed by atoms with Gasteiger partial charge in [0, 0.05) is 0 Å². The first-order valence-electron chi connectivity index (χ1n) is 6.91. The standard InChI is InChI=1S/C16H12F4N2O3/c17-13-7-2-1-6-12(13)15(24)22-21-14(23)9-25-11-5-3-4-10(8-11)16(18,19)20/h1-8H,9H2,(H,21,23)(H,22,24).